The molecular weight excluding hydrogens is 484 g/mol. The van der Waals surface area contributed by atoms with Crippen LogP contribution < -0.4 is 10.6 Å². The number of hydrogen-bond donors (Lipinski definition) is 3. The number of nitrogens with zero attached hydrogens (tertiary/aromatic N) is 1. The molecule has 0 aliphatic carbocycles. The monoisotopic (exact) mass is 509 g/mol. The second-order valence-electron chi connectivity index (χ2n) is 8.05. The zero-order valence-electron chi connectivity index (χ0n) is 18.6. The highest BCUT2D eigenvalue weighted by atomic mass is 32.1. The Balaban J connectivity index is 0.00000361. The van der Waals surface area contributed by atoms with Crippen molar-refractivity contribution in [2.45, 2.75) is 26.8 Å². The number of carbonyl (C=O) groups is 2. The fourth-order valence-corrected chi connectivity index (χ4v) is 4.37. The molecule has 4 aromatic rings. The van der Waals surface area contributed by atoms with Crippen LogP contribution >= 0.6 is 11.3 Å². The van der Waals surface area contributed by atoms with Crippen molar-refractivity contribution in [3.8, 4) is 11.1 Å². The minimum Gasteiger partial charge on any atom is -0.480 e. The first-order valence-corrected chi connectivity index (χ1v) is 11.4. The normalized spacial score (nSPS) is 11.4. The smallest absolute Gasteiger partial charge is 0.326 e. The van der Waals surface area contributed by atoms with Gasteiger partial charge in [-0.3, -0.25) is 4.79 Å². The Morgan fingerprint density at radius 1 is 1.06 bits per heavy atom. The molecule has 0 saturated heterocycles. The predicted octanol–water partition coefficient (Wildman–Crippen LogP) is 6.77. The summed E-state index contributed by atoms with van der Waals surface area (Å²) >= 11 is 1.22. The summed E-state index contributed by atoms with van der Waals surface area (Å²) in [7, 11) is 0. The molecule has 9 heteroatoms. The van der Waals surface area contributed by atoms with Gasteiger partial charge < -0.3 is 15.7 Å². The maximum atomic E-state index is 14.8. The van der Waals surface area contributed by atoms with E-state index in [1.54, 1.807) is 49.4 Å². The molecule has 36 heavy (non-hydrogen) atoms. The molecule has 1 aromatic heterocycles. The average Bonchev–Trinajstić information content (AvgIpc) is 3.21. The van der Waals surface area contributed by atoms with E-state index < -0.39 is 23.7 Å². The van der Waals surface area contributed by atoms with Crippen LogP contribution in [0.1, 0.15) is 31.1 Å². The Bertz CT molecular complexity index is 1430. The molecule has 0 bridgehead atoms. The van der Waals surface area contributed by atoms with Gasteiger partial charge in [-0.25, -0.2) is 18.6 Å². The van der Waals surface area contributed by atoms with Crippen LogP contribution in [-0.2, 0) is 4.79 Å². The number of anilines is 2. The van der Waals surface area contributed by atoms with Gasteiger partial charge in [-0.2, -0.15) is 0 Å². The van der Waals surface area contributed by atoms with E-state index in [-0.39, 0.29) is 30.9 Å². The minimum absolute atomic E-state index is 0. The van der Waals surface area contributed by atoms with Gasteiger partial charge in [0.25, 0.3) is 5.91 Å². The summed E-state index contributed by atoms with van der Waals surface area (Å²) in [6.07, 6.45) is 0.132. The number of hydrogen-bond acceptors (Lipinski definition) is 5. The van der Waals surface area contributed by atoms with Crippen LogP contribution in [0.5, 0.6) is 0 Å². The lowest BCUT2D eigenvalue weighted by atomic mass is 10.0. The number of aromatic nitrogens is 1. The minimum atomic E-state index is -1.14. The van der Waals surface area contributed by atoms with Crippen LogP contribution in [0.15, 0.2) is 72.8 Å². The number of rotatable bonds is 8. The lowest BCUT2D eigenvalue weighted by Crippen LogP contribution is -2.40. The molecule has 0 saturated carbocycles. The van der Waals surface area contributed by atoms with Gasteiger partial charge in [0.15, 0.2) is 5.13 Å². The van der Waals surface area contributed by atoms with Gasteiger partial charge in [0, 0.05) is 5.56 Å². The summed E-state index contributed by atoms with van der Waals surface area (Å²) in [6.45, 7) is 5.38. The summed E-state index contributed by atoms with van der Waals surface area (Å²) in [5.74, 6) is -2.52. The quantitative estimate of drug-likeness (QED) is 0.228. The van der Waals surface area contributed by atoms with Gasteiger partial charge >= 0.3 is 5.97 Å². The molecule has 0 aliphatic heterocycles. The fourth-order valence-electron chi connectivity index (χ4n) is 3.47. The third-order valence-corrected chi connectivity index (χ3v) is 6.13. The van der Waals surface area contributed by atoms with Crippen LogP contribution in [0.4, 0.5) is 19.6 Å². The van der Waals surface area contributed by atoms with E-state index in [0.29, 0.717) is 32.0 Å². The lowest BCUT2D eigenvalue weighted by molar-refractivity contribution is -0.139. The average molecular weight is 510 g/mol. The van der Waals surface area contributed by atoms with Crippen molar-refractivity contribution in [2.24, 2.45) is 0 Å². The van der Waals surface area contributed by atoms with Crippen LogP contribution in [-0.4, -0.2) is 28.0 Å². The standard InChI is InChI=1S/C26H21F2N3O3S.CH4/c1-14(2)11-22(25(33)34)29-24(32)16-5-3-15(4-6-16)17-7-9-20(19(28)12-17)30-26-31-21-10-8-18(27)13-23(21)35-26;/h3-10,12-13,22H,1,11H2,2H3,(H,29,32)(H,30,31)(H,33,34);1H4/t22-;/m0./s1. The predicted molar refractivity (Wildman–Crippen MR) is 140 cm³/mol. The molecule has 4 rings (SSSR count). The zero-order valence-corrected chi connectivity index (χ0v) is 19.5. The number of nitrogens with one attached hydrogen (secondary N) is 2. The number of aliphatic carboxylic acids is 1. The number of thiazole rings is 1. The van der Waals surface area contributed by atoms with Gasteiger partial charge in [0.05, 0.1) is 15.9 Å². The van der Waals surface area contributed by atoms with Crippen LogP contribution in [0.25, 0.3) is 21.3 Å². The Morgan fingerprint density at radius 3 is 2.39 bits per heavy atom. The molecule has 3 aromatic carbocycles. The number of benzene rings is 3. The van der Waals surface area contributed by atoms with Crippen molar-refractivity contribution in [2.75, 3.05) is 5.32 Å². The van der Waals surface area contributed by atoms with E-state index in [4.69, 9.17) is 0 Å². The number of amides is 1. The first-order valence-electron chi connectivity index (χ1n) is 10.6. The van der Waals surface area contributed by atoms with Gasteiger partial charge in [0.1, 0.15) is 17.7 Å². The first kappa shape index (κ1) is 26.5. The van der Waals surface area contributed by atoms with E-state index in [1.165, 1.54) is 29.5 Å². The topological polar surface area (TPSA) is 91.3 Å². The SMILES string of the molecule is C.C=C(C)C[C@H](NC(=O)c1ccc(-c2ccc(Nc3nc4ccc(F)cc4s3)c(F)c2)cc1)C(=O)O. The third-order valence-electron chi connectivity index (χ3n) is 5.20. The number of halogens is 2. The van der Waals surface area contributed by atoms with E-state index in [0.717, 1.165) is 0 Å². The Hall–Kier alpha value is -4.11. The number of carboxylic acids is 1. The molecule has 0 spiro atoms. The number of fused-ring (bicyclic) bond motifs is 1. The first-order chi connectivity index (χ1) is 16.7. The molecule has 3 N–H and O–H groups in total. The maximum Gasteiger partial charge on any atom is 0.326 e. The molecule has 6 nitrogen and oxygen atoms in total. The number of carboxylic acid groups (broad SMARTS) is 1. The third kappa shape index (κ3) is 6.11. The summed E-state index contributed by atoms with van der Waals surface area (Å²) < 4.78 is 28.8. The van der Waals surface area contributed by atoms with Crippen molar-refractivity contribution in [1.82, 2.24) is 10.3 Å². The summed E-state index contributed by atoms with van der Waals surface area (Å²) in [4.78, 5) is 28.1. The van der Waals surface area contributed by atoms with Crippen LogP contribution in [0.2, 0.25) is 0 Å². The van der Waals surface area contributed by atoms with Crippen molar-refractivity contribution in [3.05, 3.63) is 90.0 Å². The molecule has 1 heterocycles. The zero-order chi connectivity index (χ0) is 25.1. The molecule has 0 aliphatic rings. The summed E-state index contributed by atoms with van der Waals surface area (Å²) in [5.41, 5.74) is 3.05. The fraction of sp³-hybridized carbons (Fsp3) is 0.148. The van der Waals surface area contributed by atoms with Gasteiger partial charge in [-0.15, -0.1) is 6.58 Å². The highest BCUT2D eigenvalue weighted by Gasteiger charge is 2.20. The highest BCUT2D eigenvalue weighted by Crippen LogP contribution is 2.31. The Kier molecular flexibility index (Phi) is 8.16. The second-order valence-corrected chi connectivity index (χ2v) is 9.08. The van der Waals surface area contributed by atoms with E-state index in [2.05, 4.69) is 22.2 Å². The molecule has 0 fully saturated rings. The van der Waals surface area contributed by atoms with Gasteiger partial charge in [0.2, 0.25) is 0 Å². The second kappa shape index (κ2) is 11.1. The highest BCUT2D eigenvalue weighted by molar-refractivity contribution is 7.22. The maximum absolute atomic E-state index is 14.8. The molecule has 1 atom stereocenters. The largest absolute Gasteiger partial charge is 0.480 e. The van der Waals surface area contributed by atoms with E-state index in [9.17, 15) is 23.5 Å². The van der Waals surface area contributed by atoms with Crippen LogP contribution in [0.3, 0.4) is 0 Å². The van der Waals surface area contributed by atoms with E-state index in [1.807, 2.05) is 0 Å². The summed E-state index contributed by atoms with van der Waals surface area (Å²) in [5, 5.41) is 15.1. The Morgan fingerprint density at radius 2 is 1.75 bits per heavy atom. The molecule has 186 valence electrons. The molecule has 0 radical (unpaired) electrons. The molecule has 0 unspecified atom stereocenters. The number of carbonyl (C=O) groups excluding carboxylic acids is 1. The lowest BCUT2D eigenvalue weighted by Gasteiger charge is -2.14. The van der Waals surface area contributed by atoms with E-state index >= 15 is 0 Å². The van der Waals surface area contributed by atoms with Crippen molar-refractivity contribution >= 4 is 44.2 Å². The van der Waals surface area contributed by atoms with Crippen LogP contribution in [0, 0.1) is 11.6 Å². The van der Waals surface area contributed by atoms with Gasteiger partial charge in [-0.05, 0) is 66.9 Å². The molecular formula is C27H25F2N3O3S. The summed E-state index contributed by atoms with van der Waals surface area (Å²) in [6, 6.07) is 14.3. The van der Waals surface area contributed by atoms with Crippen molar-refractivity contribution < 1.29 is 23.5 Å². The van der Waals surface area contributed by atoms with Crippen molar-refractivity contribution in [3.63, 3.8) is 0 Å². The Labute approximate surface area is 211 Å². The van der Waals surface area contributed by atoms with Gasteiger partial charge in [-0.1, -0.05) is 42.5 Å². The molecule has 1 amide bonds. The van der Waals surface area contributed by atoms with Crippen molar-refractivity contribution in [1.29, 1.82) is 0 Å².